The number of esters is 1. The number of amides is 1. The highest BCUT2D eigenvalue weighted by Gasteiger charge is 2.13. The van der Waals surface area contributed by atoms with E-state index >= 15 is 0 Å². The van der Waals surface area contributed by atoms with Gasteiger partial charge in [0.2, 0.25) is 5.91 Å². The quantitative estimate of drug-likeness (QED) is 0.591. The molecular formula is C14H19ClN2O3S. The van der Waals surface area contributed by atoms with Crippen LogP contribution in [0.15, 0.2) is 18.2 Å². The molecule has 1 atom stereocenters. The van der Waals surface area contributed by atoms with Crippen molar-refractivity contribution in [2.24, 2.45) is 5.73 Å². The van der Waals surface area contributed by atoms with E-state index in [9.17, 15) is 9.59 Å². The largest absolute Gasteiger partial charge is 0.468 e. The Morgan fingerprint density at radius 2 is 2.19 bits per heavy atom. The van der Waals surface area contributed by atoms with Crippen molar-refractivity contribution >= 4 is 40.9 Å². The second-order valence-electron chi connectivity index (χ2n) is 4.48. The number of halogens is 1. The van der Waals surface area contributed by atoms with Crippen LogP contribution in [-0.4, -0.2) is 36.5 Å². The van der Waals surface area contributed by atoms with Crippen LogP contribution in [0.5, 0.6) is 0 Å². The summed E-state index contributed by atoms with van der Waals surface area (Å²) in [7, 11) is 1.30. The molecule has 0 aliphatic carbocycles. The Balaban J connectivity index is 2.32. The van der Waals surface area contributed by atoms with Gasteiger partial charge in [-0.2, -0.15) is 11.8 Å². The molecule has 1 amide bonds. The molecule has 1 unspecified atom stereocenters. The lowest BCUT2D eigenvalue weighted by molar-refractivity contribution is -0.142. The predicted molar refractivity (Wildman–Crippen MR) is 86.8 cm³/mol. The van der Waals surface area contributed by atoms with Crippen LogP contribution >= 0.6 is 23.4 Å². The molecule has 0 fully saturated rings. The topological polar surface area (TPSA) is 81.4 Å². The second-order valence-corrected chi connectivity index (χ2v) is 6.02. The predicted octanol–water partition coefficient (Wildman–Crippen LogP) is 2.21. The molecule has 116 valence electrons. The molecule has 0 radical (unpaired) electrons. The number of carbonyl (C=O) groups is 2. The van der Waals surface area contributed by atoms with Crippen molar-refractivity contribution in [1.82, 2.24) is 0 Å². The van der Waals surface area contributed by atoms with Crippen LogP contribution in [0.3, 0.4) is 0 Å². The third-order valence-electron chi connectivity index (χ3n) is 2.78. The van der Waals surface area contributed by atoms with Crippen LogP contribution < -0.4 is 11.1 Å². The minimum Gasteiger partial charge on any atom is -0.468 e. The monoisotopic (exact) mass is 330 g/mol. The number of carbonyl (C=O) groups excluding carboxylic acids is 2. The van der Waals surface area contributed by atoms with E-state index in [4.69, 9.17) is 17.3 Å². The first-order valence-electron chi connectivity index (χ1n) is 6.41. The lowest BCUT2D eigenvalue weighted by Crippen LogP contribution is -2.32. The van der Waals surface area contributed by atoms with Gasteiger partial charge in [0.25, 0.3) is 0 Å². The van der Waals surface area contributed by atoms with Crippen molar-refractivity contribution in [2.75, 3.05) is 23.9 Å². The first-order valence-corrected chi connectivity index (χ1v) is 7.94. The van der Waals surface area contributed by atoms with Crippen LogP contribution in [0.25, 0.3) is 0 Å². The normalized spacial score (nSPS) is 11.8. The highest BCUT2D eigenvalue weighted by atomic mass is 35.5. The van der Waals surface area contributed by atoms with Crippen LogP contribution in [0.1, 0.15) is 12.0 Å². The van der Waals surface area contributed by atoms with Gasteiger partial charge in [0.05, 0.1) is 12.9 Å². The molecule has 0 saturated heterocycles. The van der Waals surface area contributed by atoms with Crippen LogP contribution in [0, 0.1) is 6.92 Å². The van der Waals surface area contributed by atoms with E-state index in [1.165, 1.54) is 18.9 Å². The highest BCUT2D eigenvalue weighted by Crippen LogP contribution is 2.20. The van der Waals surface area contributed by atoms with Gasteiger partial charge in [0.15, 0.2) is 0 Å². The molecule has 0 saturated carbocycles. The Hall–Kier alpha value is -1.24. The summed E-state index contributed by atoms with van der Waals surface area (Å²) in [6.45, 7) is 1.90. The Morgan fingerprint density at radius 3 is 2.86 bits per heavy atom. The molecular weight excluding hydrogens is 312 g/mol. The van der Waals surface area contributed by atoms with Gasteiger partial charge in [-0.1, -0.05) is 17.7 Å². The summed E-state index contributed by atoms with van der Waals surface area (Å²) in [6, 6.07) is 4.70. The Morgan fingerprint density at radius 1 is 1.48 bits per heavy atom. The number of nitrogens with one attached hydrogen (secondary N) is 1. The number of rotatable bonds is 7. The summed E-state index contributed by atoms with van der Waals surface area (Å²) in [5.41, 5.74) is 7.26. The van der Waals surface area contributed by atoms with Gasteiger partial charge >= 0.3 is 5.97 Å². The maximum absolute atomic E-state index is 11.8. The van der Waals surface area contributed by atoms with Gasteiger partial charge < -0.3 is 15.8 Å². The molecule has 0 heterocycles. The SMILES string of the molecule is COC(=O)C(N)CCSCC(=O)Nc1cc(Cl)ccc1C. The number of benzene rings is 1. The van der Waals surface area contributed by atoms with E-state index in [1.54, 1.807) is 12.1 Å². The third-order valence-corrected chi connectivity index (χ3v) is 4.01. The average Bonchev–Trinajstić information content (AvgIpc) is 2.46. The number of methoxy groups -OCH3 is 1. The minimum atomic E-state index is -0.638. The summed E-state index contributed by atoms with van der Waals surface area (Å²) < 4.78 is 4.53. The lowest BCUT2D eigenvalue weighted by Gasteiger charge is -2.10. The van der Waals surface area contributed by atoms with E-state index in [0.29, 0.717) is 28.6 Å². The van der Waals surface area contributed by atoms with Gasteiger partial charge in [-0.05, 0) is 36.8 Å². The molecule has 7 heteroatoms. The molecule has 1 aromatic carbocycles. The second kappa shape index (κ2) is 8.92. The molecule has 0 spiro atoms. The summed E-state index contributed by atoms with van der Waals surface area (Å²) in [6.07, 6.45) is 0.473. The fourth-order valence-electron chi connectivity index (χ4n) is 1.56. The average molecular weight is 331 g/mol. The summed E-state index contributed by atoms with van der Waals surface area (Å²) >= 11 is 7.31. The fraction of sp³-hybridized carbons (Fsp3) is 0.429. The first-order chi connectivity index (χ1) is 9.93. The fourth-order valence-corrected chi connectivity index (χ4v) is 2.55. The lowest BCUT2D eigenvalue weighted by atomic mass is 10.2. The number of nitrogens with two attached hydrogens (primary N) is 1. The maximum atomic E-state index is 11.8. The minimum absolute atomic E-state index is 0.114. The van der Waals surface area contributed by atoms with Gasteiger partial charge in [-0.3, -0.25) is 9.59 Å². The number of thioether (sulfide) groups is 1. The van der Waals surface area contributed by atoms with Gasteiger partial charge in [0, 0.05) is 10.7 Å². The molecule has 0 aliphatic rings. The van der Waals surface area contributed by atoms with Gasteiger partial charge in [-0.15, -0.1) is 0 Å². The zero-order chi connectivity index (χ0) is 15.8. The zero-order valence-electron chi connectivity index (χ0n) is 12.0. The number of ether oxygens (including phenoxy) is 1. The molecule has 1 rings (SSSR count). The van der Waals surface area contributed by atoms with E-state index in [1.807, 2.05) is 13.0 Å². The van der Waals surface area contributed by atoms with Gasteiger partial charge in [-0.25, -0.2) is 0 Å². The zero-order valence-corrected chi connectivity index (χ0v) is 13.6. The Kier molecular flexibility index (Phi) is 7.56. The Labute approximate surface area is 133 Å². The number of anilines is 1. The van der Waals surface area contributed by atoms with E-state index in [0.717, 1.165) is 5.56 Å². The van der Waals surface area contributed by atoms with Crippen LogP contribution in [0.4, 0.5) is 5.69 Å². The van der Waals surface area contributed by atoms with E-state index in [2.05, 4.69) is 10.1 Å². The van der Waals surface area contributed by atoms with E-state index < -0.39 is 12.0 Å². The van der Waals surface area contributed by atoms with Crippen molar-refractivity contribution in [3.63, 3.8) is 0 Å². The number of aryl methyl sites for hydroxylation is 1. The first kappa shape index (κ1) is 17.8. The molecule has 21 heavy (non-hydrogen) atoms. The summed E-state index contributed by atoms with van der Waals surface area (Å²) in [5, 5.41) is 3.38. The van der Waals surface area contributed by atoms with Crippen molar-refractivity contribution < 1.29 is 14.3 Å². The van der Waals surface area contributed by atoms with Crippen LogP contribution in [-0.2, 0) is 14.3 Å². The van der Waals surface area contributed by atoms with E-state index in [-0.39, 0.29) is 5.91 Å². The number of hydrogen-bond acceptors (Lipinski definition) is 5. The highest BCUT2D eigenvalue weighted by molar-refractivity contribution is 7.99. The third kappa shape index (κ3) is 6.37. The van der Waals surface area contributed by atoms with Crippen molar-refractivity contribution in [3.8, 4) is 0 Å². The standard InChI is InChI=1S/C14H19ClN2O3S/c1-9-3-4-10(15)7-12(9)17-13(18)8-21-6-5-11(16)14(19)20-2/h3-4,7,11H,5-6,8,16H2,1-2H3,(H,17,18). The molecule has 5 nitrogen and oxygen atoms in total. The maximum Gasteiger partial charge on any atom is 0.322 e. The Bertz CT molecular complexity index is 511. The molecule has 0 aliphatic heterocycles. The smallest absolute Gasteiger partial charge is 0.322 e. The van der Waals surface area contributed by atoms with Crippen LogP contribution in [0.2, 0.25) is 5.02 Å². The summed E-state index contributed by atoms with van der Waals surface area (Å²) in [4.78, 5) is 22.9. The van der Waals surface area contributed by atoms with Crippen molar-refractivity contribution in [1.29, 1.82) is 0 Å². The molecule has 0 bridgehead atoms. The van der Waals surface area contributed by atoms with Crippen molar-refractivity contribution in [2.45, 2.75) is 19.4 Å². The van der Waals surface area contributed by atoms with Gasteiger partial charge in [0.1, 0.15) is 6.04 Å². The summed E-state index contributed by atoms with van der Waals surface area (Å²) in [5.74, 6) is 0.351. The molecule has 0 aromatic heterocycles. The number of hydrogen-bond donors (Lipinski definition) is 2. The molecule has 3 N–H and O–H groups in total. The molecule has 1 aromatic rings. The van der Waals surface area contributed by atoms with Crippen molar-refractivity contribution in [3.05, 3.63) is 28.8 Å².